The molecule has 1 heterocycles. The van der Waals surface area contributed by atoms with Gasteiger partial charge >= 0.3 is 0 Å². The molecule has 0 saturated heterocycles. The minimum Gasteiger partial charge on any atom is -0.492 e. The van der Waals surface area contributed by atoms with Crippen molar-refractivity contribution in [3.8, 4) is 0 Å². The molecule has 1 aliphatic rings. The van der Waals surface area contributed by atoms with E-state index in [1.807, 2.05) is 0 Å². The minimum atomic E-state index is -0.721. The summed E-state index contributed by atoms with van der Waals surface area (Å²) in [6, 6.07) is 7.38. The molecule has 0 saturated carbocycles. The van der Waals surface area contributed by atoms with Crippen LogP contribution in [0.5, 0.6) is 0 Å². The standard InChI is InChI=1S/C17H11N5O5/c1-27-17-14(20-21-18)16(24)13-10(15(17)23)6-7-19-11(13)8-9-4-2-3-5-12(9)22(25)26/h2-7H,8H2,1H3. The number of nitro benzene ring substituents is 1. The van der Waals surface area contributed by atoms with Crippen molar-refractivity contribution in [2.75, 3.05) is 7.11 Å². The van der Waals surface area contributed by atoms with Crippen LogP contribution in [-0.2, 0) is 11.2 Å². The van der Waals surface area contributed by atoms with E-state index in [1.165, 1.54) is 31.5 Å². The predicted molar refractivity (Wildman–Crippen MR) is 92.0 cm³/mol. The number of Topliss-reactive ketones (excluding diaryl/α,β-unsaturated/α-hetero) is 2. The first-order chi connectivity index (χ1) is 13.0. The van der Waals surface area contributed by atoms with Gasteiger partial charge in [0.1, 0.15) is 5.70 Å². The third-order valence-corrected chi connectivity index (χ3v) is 4.03. The van der Waals surface area contributed by atoms with Gasteiger partial charge < -0.3 is 4.74 Å². The minimum absolute atomic E-state index is 0.0392. The molecule has 10 nitrogen and oxygen atoms in total. The summed E-state index contributed by atoms with van der Waals surface area (Å²) in [7, 11) is 1.19. The molecule has 2 aromatic rings. The number of carbonyl (C=O) groups excluding carboxylic acids is 2. The third-order valence-electron chi connectivity index (χ3n) is 4.03. The van der Waals surface area contributed by atoms with Crippen molar-refractivity contribution in [3.05, 3.63) is 90.9 Å². The maximum Gasteiger partial charge on any atom is 0.272 e. The van der Waals surface area contributed by atoms with Gasteiger partial charge in [0.25, 0.3) is 5.69 Å². The second-order valence-electron chi connectivity index (χ2n) is 5.47. The van der Waals surface area contributed by atoms with Gasteiger partial charge in [-0.2, -0.15) is 0 Å². The fourth-order valence-electron chi connectivity index (χ4n) is 2.88. The SMILES string of the molecule is COC1=C(N=[N+]=[N-])C(=O)c2c(ccnc2Cc2ccccc2[N+](=O)[O-])C1=O. The van der Waals surface area contributed by atoms with Gasteiger partial charge in [0.2, 0.25) is 11.6 Å². The van der Waals surface area contributed by atoms with Crippen molar-refractivity contribution in [1.82, 2.24) is 4.98 Å². The number of nitro groups is 1. The summed E-state index contributed by atoms with van der Waals surface area (Å²) in [5.74, 6) is -1.70. The Hall–Kier alpha value is -4.04. The molecule has 1 aromatic heterocycles. The van der Waals surface area contributed by atoms with E-state index < -0.39 is 22.2 Å². The number of benzene rings is 1. The number of pyridine rings is 1. The van der Waals surface area contributed by atoms with E-state index >= 15 is 0 Å². The van der Waals surface area contributed by atoms with Crippen LogP contribution in [0.2, 0.25) is 0 Å². The number of rotatable bonds is 5. The third kappa shape index (κ3) is 3.00. The fraction of sp³-hybridized carbons (Fsp3) is 0.118. The zero-order chi connectivity index (χ0) is 19.6. The molecule has 134 valence electrons. The van der Waals surface area contributed by atoms with Crippen LogP contribution in [0.4, 0.5) is 5.69 Å². The number of allylic oxidation sites excluding steroid dienone is 2. The second-order valence-corrected chi connectivity index (χ2v) is 5.47. The molecule has 0 aliphatic heterocycles. The molecule has 0 radical (unpaired) electrons. The van der Waals surface area contributed by atoms with E-state index in [9.17, 15) is 19.7 Å². The summed E-state index contributed by atoms with van der Waals surface area (Å²) < 4.78 is 4.94. The van der Waals surface area contributed by atoms with Crippen molar-refractivity contribution >= 4 is 17.3 Å². The molecule has 0 unspecified atom stereocenters. The van der Waals surface area contributed by atoms with Crippen LogP contribution in [-0.4, -0.2) is 28.6 Å². The van der Waals surface area contributed by atoms with Crippen molar-refractivity contribution in [1.29, 1.82) is 0 Å². The summed E-state index contributed by atoms with van der Waals surface area (Å²) >= 11 is 0. The van der Waals surface area contributed by atoms with Gasteiger partial charge in [-0.15, -0.1) is 0 Å². The molecule has 0 atom stereocenters. The Morgan fingerprint density at radius 1 is 1.26 bits per heavy atom. The highest BCUT2D eigenvalue weighted by Gasteiger charge is 2.35. The number of methoxy groups -OCH3 is 1. The zero-order valence-electron chi connectivity index (χ0n) is 13.9. The number of ether oxygens (including phenoxy) is 1. The number of hydrogen-bond donors (Lipinski definition) is 0. The lowest BCUT2D eigenvalue weighted by Crippen LogP contribution is -2.24. The van der Waals surface area contributed by atoms with Gasteiger partial charge in [0, 0.05) is 34.7 Å². The Labute approximate surface area is 151 Å². The first-order valence-corrected chi connectivity index (χ1v) is 7.62. The average Bonchev–Trinajstić information content (AvgIpc) is 2.66. The van der Waals surface area contributed by atoms with Gasteiger partial charge in [0.15, 0.2) is 5.76 Å². The summed E-state index contributed by atoms with van der Waals surface area (Å²) in [6.45, 7) is 0. The molecule has 1 aliphatic carbocycles. The maximum absolute atomic E-state index is 12.8. The Balaban J connectivity index is 2.17. The number of nitrogens with zero attached hydrogens (tertiary/aromatic N) is 5. The van der Waals surface area contributed by atoms with Crippen molar-refractivity contribution < 1.29 is 19.2 Å². The van der Waals surface area contributed by atoms with Gasteiger partial charge in [-0.1, -0.05) is 23.3 Å². The lowest BCUT2D eigenvalue weighted by atomic mass is 9.88. The summed E-state index contributed by atoms with van der Waals surface area (Å²) in [5, 5.41) is 14.5. The number of hydrogen-bond acceptors (Lipinski definition) is 7. The highest BCUT2D eigenvalue weighted by Crippen LogP contribution is 2.31. The van der Waals surface area contributed by atoms with Crippen molar-refractivity contribution in [2.24, 2.45) is 5.11 Å². The highest BCUT2D eigenvalue weighted by atomic mass is 16.6. The molecule has 1 aromatic carbocycles. The van der Waals surface area contributed by atoms with Crippen LogP contribution in [0.15, 0.2) is 53.1 Å². The van der Waals surface area contributed by atoms with E-state index in [4.69, 9.17) is 10.3 Å². The molecule has 0 spiro atoms. The normalized spacial score (nSPS) is 13.1. The number of para-hydroxylation sites is 1. The monoisotopic (exact) mass is 365 g/mol. The highest BCUT2D eigenvalue weighted by molar-refractivity contribution is 6.26. The number of fused-ring (bicyclic) bond motifs is 1. The Bertz CT molecular complexity index is 1070. The summed E-state index contributed by atoms with van der Waals surface area (Å²) in [5.41, 5.74) is 8.59. The fourth-order valence-corrected chi connectivity index (χ4v) is 2.88. The summed E-state index contributed by atoms with van der Waals surface area (Å²) in [6.07, 6.45) is 1.28. The molecule has 3 rings (SSSR count). The van der Waals surface area contributed by atoms with Gasteiger partial charge in [-0.25, -0.2) is 0 Å². The topological polar surface area (TPSA) is 148 Å². The molecular formula is C17H11N5O5. The zero-order valence-corrected chi connectivity index (χ0v) is 13.9. The first kappa shape index (κ1) is 17.8. The van der Waals surface area contributed by atoms with Crippen LogP contribution in [0.3, 0.4) is 0 Å². The largest absolute Gasteiger partial charge is 0.492 e. The molecule has 0 bridgehead atoms. The number of aromatic nitrogens is 1. The quantitative estimate of drug-likeness (QED) is 0.261. The van der Waals surface area contributed by atoms with Crippen LogP contribution in [0.25, 0.3) is 10.4 Å². The Morgan fingerprint density at radius 3 is 2.67 bits per heavy atom. The summed E-state index contributed by atoms with van der Waals surface area (Å²) in [4.78, 5) is 42.8. The lowest BCUT2D eigenvalue weighted by molar-refractivity contribution is -0.385. The van der Waals surface area contributed by atoms with E-state index in [1.54, 1.807) is 12.1 Å². The molecule has 27 heavy (non-hydrogen) atoms. The van der Waals surface area contributed by atoms with Crippen LogP contribution < -0.4 is 0 Å². The van der Waals surface area contributed by atoms with E-state index in [0.29, 0.717) is 5.56 Å². The molecular weight excluding hydrogens is 354 g/mol. The van der Waals surface area contributed by atoms with E-state index in [-0.39, 0.29) is 34.7 Å². The van der Waals surface area contributed by atoms with Gasteiger partial charge in [-0.3, -0.25) is 24.7 Å². The Kier molecular flexibility index (Phi) is 4.65. The Morgan fingerprint density at radius 2 is 2.00 bits per heavy atom. The molecule has 10 heteroatoms. The van der Waals surface area contributed by atoms with Crippen molar-refractivity contribution in [3.63, 3.8) is 0 Å². The van der Waals surface area contributed by atoms with Gasteiger partial charge in [-0.05, 0) is 11.6 Å². The first-order valence-electron chi connectivity index (χ1n) is 7.62. The van der Waals surface area contributed by atoms with E-state index in [0.717, 1.165) is 0 Å². The molecule has 0 fully saturated rings. The number of carbonyl (C=O) groups is 2. The van der Waals surface area contributed by atoms with Crippen molar-refractivity contribution in [2.45, 2.75) is 6.42 Å². The van der Waals surface area contributed by atoms with Crippen LogP contribution in [0.1, 0.15) is 32.0 Å². The number of ketones is 2. The van der Waals surface area contributed by atoms with E-state index in [2.05, 4.69) is 15.0 Å². The smallest absolute Gasteiger partial charge is 0.272 e. The predicted octanol–water partition coefficient (Wildman–Crippen LogP) is 3.13. The van der Waals surface area contributed by atoms with Crippen LogP contribution >= 0.6 is 0 Å². The lowest BCUT2D eigenvalue weighted by Gasteiger charge is -2.19. The van der Waals surface area contributed by atoms with Crippen LogP contribution in [0, 0.1) is 10.1 Å². The van der Waals surface area contributed by atoms with Gasteiger partial charge in [0.05, 0.1) is 23.3 Å². The average molecular weight is 365 g/mol. The molecule has 0 amide bonds. The maximum atomic E-state index is 12.8. The number of azide groups is 1. The second kappa shape index (κ2) is 7.06. The molecule has 0 N–H and O–H groups in total.